The summed E-state index contributed by atoms with van der Waals surface area (Å²) in [6, 6.07) is 11.8. The van der Waals surface area contributed by atoms with Gasteiger partial charge >= 0.3 is 6.03 Å². The van der Waals surface area contributed by atoms with Crippen LogP contribution in [0.25, 0.3) is 11.0 Å². The lowest BCUT2D eigenvalue weighted by atomic mass is 10.2. The van der Waals surface area contributed by atoms with Crippen LogP contribution in [0.5, 0.6) is 0 Å². The highest BCUT2D eigenvalue weighted by Crippen LogP contribution is 2.17. The van der Waals surface area contributed by atoms with E-state index in [-0.39, 0.29) is 6.03 Å². The normalized spacial score (nSPS) is 14.6. The first-order valence-corrected chi connectivity index (χ1v) is 10.4. The number of carbonyl (C=O) groups excluding carboxylic acids is 1. The number of nitrogens with zero attached hydrogens (tertiary/aromatic N) is 3. The van der Waals surface area contributed by atoms with E-state index in [1.54, 1.807) is 0 Å². The molecule has 0 atom stereocenters. The van der Waals surface area contributed by atoms with Gasteiger partial charge in [-0.25, -0.2) is 14.8 Å². The summed E-state index contributed by atoms with van der Waals surface area (Å²) in [6.45, 7) is 3.15. The average molecular weight is 393 g/mol. The van der Waals surface area contributed by atoms with Crippen LogP contribution < -0.4 is 15.5 Å². The molecule has 29 heavy (non-hydrogen) atoms. The Labute approximate surface area is 170 Å². The highest BCUT2D eigenvalue weighted by Gasteiger charge is 2.11. The molecule has 1 aliphatic heterocycles. The van der Waals surface area contributed by atoms with Crippen LogP contribution in [0.1, 0.15) is 37.1 Å². The third kappa shape index (κ3) is 5.25. The second-order valence-electron chi connectivity index (χ2n) is 7.49. The number of imidazole rings is 1. The number of anilines is 1. The summed E-state index contributed by atoms with van der Waals surface area (Å²) in [6.07, 6.45) is 7.61. The molecular weight excluding hydrogens is 364 g/mol. The minimum Gasteiger partial charge on any atom is -0.357 e. The van der Waals surface area contributed by atoms with Crippen LogP contribution in [0.4, 0.5) is 10.6 Å². The molecule has 4 rings (SSSR count). The number of H-pyrrole nitrogens is 1. The summed E-state index contributed by atoms with van der Waals surface area (Å²) in [5.74, 6) is 1.91. The molecule has 0 saturated carbocycles. The molecule has 0 bridgehead atoms. The standard InChI is InChI=1S/C22H28N6O/c29-22(23-12-11-20-26-18-7-3-4-8-19(18)27-20)25-16-17-9-10-21(24-15-17)28-13-5-1-2-6-14-28/h3-4,7-10,15H,1-2,5-6,11-14,16H2,(H,26,27)(H2,23,25,29). The fourth-order valence-corrected chi connectivity index (χ4v) is 3.67. The molecule has 0 aliphatic carbocycles. The van der Waals surface area contributed by atoms with Crippen LogP contribution in [0.15, 0.2) is 42.6 Å². The molecule has 3 heterocycles. The lowest BCUT2D eigenvalue weighted by Crippen LogP contribution is -2.36. The number of aromatic nitrogens is 3. The van der Waals surface area contributed by atoms with Gasteiger partial charge in [0.2, 0.25) is 0 Å². The number of rotatable bonds is 6. The number of carbonyl (C=O) groups is 1. The summed E-state index contributed by atoms with van der Waals surface area (Å²) in [5.41, 5.74) is 2.96. The zero-order valence-electron chi connectivity index (χ0n) is 16.7. The van der Waals surface area contributed by atoms with Crippen molar-refractivity contribution < 1.29 is 4.79 Å². The molecule has 2 aromatic heterocycles. The van der Waals surface area contributed by atoms with Gasteiger partial charge in [-0.05, 0) is 36.6 Å². The molecule has 1 aliphatic rings. The SMILES string of the molecule is O=C(NCCc1nc2ccccc2[nH]1)NCc1ccc(N2CCCCCC2)nc1. The molecule has 1 fully saturated rings. The maximum absolute atomic E-state index is 12.0. The average Bonchev–Trinajstić information content (AvgIpc) is 2.96. The van der Waals surface area contributed by atoms with Crippen molar-refractivity contribution in [3.05, 3.63) is 54.0 Å². The molecular formula is C22H28N6O. The van der Waals surface area contributed by atoms with E-state index in [2.05, 4.69) is 36.6 Å². The van der Waals surface area contributed by atoms with Crippen molar-refractivity contribution in [2.45, 2.75) is 38.6 Å². The topological polar surface area (TPSA) is 85.9 Å². The molecule has 152 valence electrons. The van der Waals surface area contributed by atoms with Gasteiger partial charge in [0.25, 0.3) is 0 Å². The third-order valence-electron chi connectivity index (χ3n) is 5.28. The van der Waals surface area contributed by atoms with Crippen LogP contribution in [-0.4, -0.2) is 40.6 Å². The Balaban J connectivity index is 1.20. The Kier molecular flexibility index (Phi) is 6.24. The summed E-state index contributed by atoms with van der Waals surface area (Å²) in [7, 11) is 0. The zero-order chi connectivity index (χ0) is 19.9. The number of pyridine rings is 1. The Morgan fingerprint density at radius 3 is 2.62 bits per heavy atom. The number of fused-ring (bicyclic) bond motifs is 1. The Morgan fingerprint density at radius 2 is 1.86 bits per heavy atom. The first-order valence-electron chi connectivity index (χ1n) is 10.4. The van der Waals surface area contributed by atoms with Crippen molar-refractivity contribution in [3.63, 3.8) is 0 Å². The van der Waals surface area contributed by atoms with E-state index >= 15 is 0 Å². The van der Waals surface area contributed by atoms with E-state index < -0.39 is 0 Å². The highest BCUT2D eigenvalue weighted by molar-refractivity contribution is 5.75. The van der Waals surface area contributed by atoms with Crippen molar-refractivity contribution in [2.24, 2.45) is 0 Å². The van der Waals surface area contributed by atoms with Gasteiger partial charge in [-0.15, -0.1) is 0 Å². The molecule has 2 amide bonds. The van der Waals surface area contributed by atoms with Gasteiger partial charge in [-0.3, -0.25) is 0 Å². The minimum atomic E-state index is -0.183. The fraction of sp³-hybridized carbons (Fsp3) is 0.409. The van der Waals surface area contributed by atoms with E-state index in [0.717, 1.165) is 41.3 Å². The van der Waals surface area contributed by atoms with E-state index in [9.17, 15) is 4.79 Å². The molecule has 3 aromatic rings. The predicted octanol–water partition coefficient (Wildman–Crippen LogP) is 3.38. The molecule has 1 aromatic carbocycles. The highest BCUT2D eigenvalue weighted by atomic mass is 16.2. The number of aromatic amines is 1. The van der Waals surface area contributed by atoms with Gasteiger partial charge in [-0.2, -0.15) is 0 Å². The monoisotopic (exact) mass is 392 g/mol. The largest absolute Gasteiger partial charge is 0.357 e. The Morgan fingerprint density at radius 1 is 1.03 bits per heavy atom. The van der Waals surface area contributed by atoms with Crippen molar-refractivity contribution in [2.75, 3.05) is 24.5 Å². The number of hydrogen-bond acceptors (Lipinski definition) is 4. The number of amides is 2. The first-order chi connectivity index (χ1) is 14.3. The van der Waals surface area contributed by atoms with Gasteiger partial charge in [0.05, 0.1) is 11.0 Å². The van der Waals surface area contributed by atoms with E-state index in [0.29, 0.717) is 19.5 Å². The molecule has 7 nitrogen and oxygen atoms in total. The maximum atomic E-state index is 12.0. The van der Waals surface area contributed by atoms with Crippen LogP contribution in [0.3, 0.4) is 0 Å². The number of para-hydroxylation sites is 2. The summed E-state index contributed by atoms with van der Waals surface area (Å²) < 4.78 is 0. The number of benzene rings is 1. The van der Waals surface area contributed by atoms with Gasteiger partial charge in [0, 0.05) is 38.8 Å². The zero-order valence-corrected chi connectivity index (χ0v) is 16.7. The van der Waals surface area contributed by atoms with Gasteiger partial charge in [-0.1, -0.05) is 31.0 Å². The molecule has 0 radical (unpaired) electrons. The Hall–Kier alpha value is -3.09. The number of nitrogens with one attached hydrogen (secondary N) is 3. The summed E-state index contributed by atoms with van der Waals surface area (Å²) >= 11 is 0. The van der Waals surface area contributed by atoms with Crippen molar-refractivity contribution in [3.8, 4) is 0 Å². The van der Waals surface area contributed by atoms with Crippen molar-refractivity contribution in [1.82, 2.24) is 25.6 Å². The lowest BCUT2D eigenvalue weighted by Gasteiger charge is -2.21. The fourth-order valence-electron chi connectivity index (χ4n) is 3.67. The van der Waals surface area contributed by atoms with Crippen LogP contribution >= 0.6 is 0 Å². The van der Waals surface area contributed by atoms with Crippen LogP contribution in [-0.2, 0) is 13.0 Å². The third-order valence-corrected chi connectivity index (χ3v) is 5.28. The summed E-state index contributed by atoms with van der Waals surface area (Å²) in [4.78, 5) is 26.8. The lowest BCUT2D eigenvalue weighted by molar-refractivity contribution is 0.240. The van der Waals surface area contributed by atoms with Gasteiger partial charge in [0.15, 0.2) is 0 Å². The second kappa shape index (κ2) is 9.41. The van der Waals surface area contributed by atoms with Crippen LogP contribution in [0.2, 0.25) is 0 Å². The molecule has 7 heteroatoms. The smallest absolute Gasteiger partial charge is 0.315 e. The molecule has 3 N–H and O–H groups in total. The van der Waals surface area contributed by atoms with E-state index in [1.165, 1.54) is 25.7 Å². The van der Waals surface area contributed by atoms with Gasteiger partial charge in [0.1, 0.15) is 11.6 Å². The van der Waals surface area contributed by atoms with Crippen molar-refractivity contribution in [1.29, 1.82) is 0 Å². The maximum Gasteiger partial charge on any atom is 0.315 e. The first kappa shape index (κ1) is 19.2. The number of urea groups is 1. The summed E-state index contributed by atoms with van der Waals surface area (Å²) in [5, 5.41) is 5.76. The minimum absolute atomic E-state index is 0.183. The molecule has 1 saturated heterocycles. The van der Waals surface area contributed by atoms with E-state index in [1.807, 2.05) is 36.5 Å². The Bertz CT molecular complexity index is 895. The van der Waals surface area contributed by atoms with Crippen molar-refractivity contribution >= 4 is 22.9 Å². The van der Waals surface area contributed by atoms with Gasteiger partial charge < -0.3 is 20.5 Å². The van der Waals surface area contributed by atoms with E-state index in [4.69, 9.17) is 0 Å². The second-order valence-corrected chi connectivity index (χ2v) is 7.49. The van der Waals surface area contributed by atoms with Crippen LogP contribution in [0, 0.1) is 0 Å². The molecule has 0 unspecified atom stereocenters. The quantitative estimate of drug-likeness (QED) is 0.600. The predicted molar refractivity (Wildman–Crippen MR) is 115 cm³/mol. The number of hydrogen-bond donors (Lipinski definition) is 3. The molecule has 0 spiro atoms.